The van der Waals surface area contributed by atoms with E-state index in [9.17, 15) is 13.2 Å². The molecular weight excluding hydrogens is 456 g/mol. The van der Waals surface area contributed by atoms with Crippen molar-refractivity contribution in [3.8, 4) is 17.2 Å². The fourth-order valence-electron chi connectivity index (χ4n) is 3.54. The number of hydrogen-bond donors (Lipinski definition) is 1. The van der Waals surface area contributed by atoms with Gasteiger partial charge in [-0.3, -0.25) is 4.79 Å². The second-order valence-electron chi connectivity index (χ2n) is 7.25. The van der Waals surface area contributed by atoms with Crippen molar-refractivity contribution in [2.24, 2.45) is 0 Å². The van der Waals surface area contributed by atoms with Gasteiger partial charge in [0, 0.05) is 24.7 Å². The minimum atomic E-state index is -3.60. The second-order valence-corrected chi connectivity index (χ2v) is 9.59. The van der Waals surface area contributed by atoms with Crippen LogP contribution in [0.15, 0.2) is 41.3 Å². The van der Waals surface area contributed by atoms with E-state index in [4.69, 9.17) is 25.8 Å². The van der Waals surface area contributed by atoms with Gasteiger partial charge in [-0.05, 0) is 56.2 Å². The summed E-state index contributed by atoms with van der Waals surface area (Å²) in [7, 11) is -0.590. The van der Waals surface area contributed by atoms with Crippen LogP contribution in [0.3, 0.4) is 0 Å². The lowest BCUT2D eigenvalue weighted by atomic mass is 10.1. The maximum absolute atomic E-state index is 12.9. The molecule has 1 amide bonds. The maximum atomic E-state index is 12.9. The molecule has 0 bridgehead atoms. The number of rotatable bonds is 8. The molecule has 2 aromatic carbocycles. The van der Waals surface area contributed by atoms with Crippen molar-refractivity contribution in [2.45, 2.75) is 30.7 Å². The van der Waals surface area contributed by atoms with Crippen molar-refractivity contribution in [1.82, 2.24) is 9.62 Å². The van der Waals surface area contributed by atoms with Crippen LogP contribution in [0, 0.1) is 0 Å². The first kappa shape index (κ1) is 24.2. The molecule has 0 radical (unpaired) electrons. The molecule has 0 atom stereocenters. The van der Waals surface area contributed by atoms with E-state index in [-0.39, 0.29) is 21.9 Å². The standard InChI is InChI=1S/C22H27ClN2O6S/c1-4-31-21-19(23)13-15(14-20(21)30-3)22(26)24-16-9-11-25(12-10-16)32(27,28)18-7-5-17(29-2)6-8-18/h5-8,13-14,16H,4,9-12H2,1-3H3,(H,24,26). The summed E-state index contributed by atoms with van der Waals surface area (Å²) in [4.78, 5) is 13.0. The molecule has 8 nitrogen and oxygen atoms in total. The van der Waals surface area contributed by atoms with Gasteiger partial charge in [0.25, 0.3) is 5.91 Å². The summed E-state index contributed by atoms with van der Waals surface area (Å²) in [5.41, 5.74) is 0.351. The molecule has 2 aromatic rings. The van der Waals surface area contributed by atoms with Gasteiger partial charge in [-0.25, -0.2) is 8.42 Å². The molecule has 1 saturated heterocycles. The smallest absolute Gasteiger partial charge is 0.251 e. The first-order valence-electron chi connectivity index (χ1n) is 10.3. The Kier molecular flexibility index (Phi) is 7.86. The summed E-state index contributed by atoms with van der Waals surface area (Å²) in [5.74, 6) is 1.07. The average Bonchev–Trinajstić information content (AvgIpc) is 2.80. The van der Waals surface area contributed by atoms with E-state index in [0.29, 0.717) is 55.4 Å². The van der Waals surface area contributed by atoms with Crippen molar-refractivity contribution in [1.29, 1.82) is 0 Å². The van der Waals surface area contributed by atoms with Crippen LogP contribution in [0.5, 0.6) is 17.2 Å². The normalized spacial score (nSPS) is 15.2. The topological polar surface area (TPSA) is 94.2 Å². The van der Waals surface area contributed by atoms with Gasteiger partial charge in [-0.1, -0.05) is 11.6 Å². The zero-order valence-corrected chi connectivity index (χ0v) is 19.8. The monoisotopic (exact) mass is 482 g/mol. The van der Waals surface area contributed by atoms with Gasteiger partial charge in [0.2, 0.25) is 10.0 Å². The lowest BCUT2D eigenvalue weighted by Gasteiger charge is -2.31. The summed E-state index contributed by atoms with van der Waals surface area (Å²) in [5, 5.41) is 3.25. The van der Waals surface area contributed by atoms with Crippen molar-refractivity contribution in [3.05, 3.63) is 47.0 Å². The van der Waals surface area contributed by atoms with Crippen LogP contribution in [0.1, 0.15) is 30.1 Å². The molecule has 10 heteroatoms. The molecule has 0 saturated carbocycles. The molecule has 1 heterocycles. The molecule has 174 valence electrons. The number of nitrogens with one attached hydrogen (secondary N) is 1. The predicted molar refractivity (Wildman–Crippen MR) is 121 cm³/mol. The Labute approximate surface area is 193 Å². The Balaban J connectivity index is 1.63. The van der Waals surface area contributed by atoms with Gasteiger partial charge in [0.05, 0.1) is 30.7 Å². The van der Waals surface area contributed by atoms with Gasteiger partial charge in [-0.15, -0.1) is 0 Å². The van der Waals surface area contributed by atoms with Crippen molar-refractivity contribution < 1.29 is 27.4 Å². The molecule has 3 rings (SSSR count). The molecule has 1 fully saturated rings. The number of sulfonamides is 1. The quantitative estimate of drug-likeness (QED) is 0.620. The molecule has 0 unspecified atom stereocenters. The van der Waals surface area contributed by atoms with E-state index >= 15 is 0 Å². The van der Waals surface area contributed by atoms with E-state index in [1.54, 1.807) is 18.2 Å². The molecule has 32 heavy (non-hydrogen) atoms. The molecule has 1 aliphatic rings. The van der Waals surface area contributed by atoms with Gasteiger partial charge in [-0.2, -0.15) is 4.31 Å². The summed E-state index contributed by atoms with van der Waals surface area (Å²) < 4.78 is 43.1. The van der Waals surface area contributed by atoms with Crippen LogP contribution in [0.25, 0.3) is 0 Å². The highest BCUT2D eigenvalue weighted by Gasteiger charge is 2.30. The number of halogens is 1. The Hall–Kier alpha value is -2.49. The third-order valence-corrected chi connectivity index (χ3v) is 7.46. The van der Waals surface area contributed by atoms with Gasteiger partial charge < -0.3 is 19.5 Å². The summed E-state index contributed by atoms with van der Waals surface area (Å²) in [6, 6.07) is 9.27. The van der Waals surface area contributed by atoms with E-state index < -0.39 is 10.0 Å². The fourth-order valence-corrected chi connectivity index (χ4v) is 5.28. The number of carbonyl (C=O) groups is 1. The summed E-state index contributed by atoms with van der Waals surface area (Å²) >= 11 is 6.26. The largest absolute Gasteiger partial charge is 0.497 e. The third kappa shape index (κ3) is 5.28. The zero-order chi connectivity index (χ0) is 23.3. The molecule has 0 aromatic heterocycles. The van der Waals surface area contributed by atoms with Crippen molar-refractivity contribution in [3.63, 3.8) is 0 Å². The fraction of sp³-hybridized carbons (Fsp3) is 0.409. The predicted octanol–water partition coefficient (Wildman–Crippen LogP) is 3.34. The number of piperidine rings is 1. The highest BCUT2D eigenvalue weighted by atomic mass is 35.5. The molecule has 1 aliphatic heterocycles. The highest BCUT2D eigenvalue weighted by molar-refractivity contribution is 7.89. The number of benzene rings is 2. The summed E-state index contributed by atoms with van der Waals surface area (Å²) in [6.07, 6.45) is 1.01. The first-order valence-corrected chi connectivity index (χ1v) is 12.1. The van der Waals surface area contributed by atoms with Crippen LogP contribution in [-0.4, -0.2) is 58.6 Å². The van der Waals surface area contributed by atoms with E-state index in [0.717, 1.165) is 0 Å². The SMILES string of the molecule is CCOc1c(Cl)cc(C(=O)NC2CCN(S(=O)(=O)c3ccc(OC)cc3)CC2)cc1OC. The van der Waals surface area contributed by atoms with E-state index in [2.05, 4.69) is 5.32 Å². The van der Waals surface area contributed by atoms with Gasteiger partial charge >= 0.3 is 0 Å². The summed E-state index contributed by atoms with van der Waals surface area (Å²) in [6.45, 7) is 2.87. The third-order valence-electron chi connectivity index (χ3n) is 5.27. The molecular formula is C22H27ClN2O6S. The number of nitrogens with zero attached hydrogens (tertiary/aromatic N) is 1. The van der Waals surface area contributed by atoms with Gasteiger partial charge in [0.1, 0.15) is 5.75 Å². The lowest BCUT2D eigenvalue weighted by molar-refractivity contribution is 0.0923. The van der Waals surface area contributed by atoms with E-state index in [1.165, 1.54) is 36.7 Å². The first-order chi connectivity index (χ1) is 15.3. The minimum Gasteiger partial charge on any atom is -0.497 e. The van der Waals surface area contributed by atoms with Gasteiger partial charge in [0.15, 0.2) is 11.5 Å². The minimum absolute atomic E-state index is 0.152. The Bertz CT molecular complexity index is 1050. The van der Waals surface area contributed by atoms with Crippen LogP contribution < -0.4 is 19.5 Å². The van der Waals surface area contributed by atoms with Crippen molar-refractivity contribution in [2.75, 3.05) is 33.9 Å². The van der Waals surface area contributed by atoms with Crippen LogP contribution in [0.4, 0.5) is 0 Å². The number of carbonyl (C=O) groups excluding carboxylic acids is 1. The molecule has 0 spiro atoms. The van der Waals surface area contributed by atoms with Crippen molar-refractivity contribution >= 4 is 27.5 Å². The number of methoxy groups -OCH3 is 2. The Morgan fingerprint density at radius 3 is 2.34 bits per heavy atom. The maximum Gasteiger partial charge on any atom is 0.251 e. The average molecular weight is 483 g/mol. The highest BCUT2D eigenvalue weighted by Crippen LogP contribution is 2.36. The van der Waals surface area contributed by atoms with Crippen LogP contribution >= 0.6 is 11.6 Å². The molecule has 0 aliphatic carbocycles. The second kappa shape index (κ2) is 10.4. The number of amides is 1. The van der Waals surface area contributed by atoms with E-state index in [1.807, 2.05) is 6.92 Å². The Morgan fingerprint density at radius 2 is 1.78 bits per heavy atom. The zero-order valence-electron chi connectivity index (χ0n) is 18.3. The number of ether oxygens (including phenoxy) is 3. The van der Waals surface area contributed by atoms with Crippen LogP contribution in [0.2, 0.25) is 5.02 Å². The lowest BCUT2D eigenvalue weighted by Crippen LogP contribution is -2.46. The number of hydrogen-bond acceptors (Lipinski definition) is 6. The molecule has 1 N–H and O–H groups in total. The Morgan fingerprint density at radius 1 is 1.12 bits per heavy atom. The van der Waals surface area contributed by atoms with Crippen LogP contribution in [-0.2, 0) is 10.0 Å².